The second-order valence-electron chi connectivity index (χ2n) is 9.88. The maximum Gasteiger partial charge on any atom is 0.336 e. The van der Waals surface area contributed by atoms with Gasteiger partial charge in [0.2, 0.25) is 0 Å². The van der Waals surface area contributed by atoms with Gasteiger partial charge in [0.05, 0.1) is 25.0 Å². The number of benzene rings is 3. The van der Waals surface area contributed by atoms with E-state index in [0.717, 1.165) is 17.7 Å². The summed E-state index contributed by atoms with van der Waals surface area (Å²) in [6.07, 6.45) is 1.50. The van der Waals surface area contributed by atoms with Crippen LogP contribution in [0.3, 0.4) is 0 Å². The maximum absolute atomic E-state index is 12.8. The molecule has 0 fully saturated rings. The third-order valence-corrected chi connectivity index (χ3v) is 7.33. The van der Waals surface area contributed by atoms with E-state index < -0.39 is 23.3 Å². The number of phenols is 1. The molecule has 3 aromatic carbocycles. The molecule has 2 aliphatic rings. The molecule has 0 spiro atoms. The van der Waals surface area contributed by atoms with Crippen LogP contribution in [0.25, 0.3) is 11.0 Å². The molecule has 2 aliphatic heterocycles. The van der Waals surface area contributed by atoms with Crippen molar-refractivity contribution in [2.45, 2.75) is 39.0 Å². The SMILES string of the molecule is CC(=O)c1c2c(c3oc(=O)cc(C)c3c1O)[C@H](c1ccccc1OCCc1ccc3c(c1)CCO3)CC(=O)O2. The van der Waals surface area contributed by atoms with Crippen LogP contribution in [0.1, 0.15) is 57.4 Å². The molecule has 0 unspecified atom stereocenters. The summed E-state index contributed by atoms with van der Waals surface area (Å²) in [5.41, 5.74) is 3.18. The van der Waals surface area contributed by atoms with Crippen LogP contribution in [0.4, 0.5) is 0 Å². The molecule has 4 aromatic rings. The molecule has 1 aromatic heterocycles. The Labute approximate surface area is 223 Å². The zero-order chi connectivity index (χ0) is 27.3. The zero-order valence-corrected chi connectivity index (χ0v) is 21.5. The summed E-state index contributed by atoms with van der Waals surface area (Å²) in [6, 6.07) is 14.7. The molecule has 8 heteroatoms. The van der Waals surface area contributed by atoms with E-state index in [0.29, 0.717) is 42.1 Å². The zero-order valence-electron chi connectivity index (χ0n) is 21.5. The van der Waals surface area contributed by atoms with Gasteiger partial charge in [0.1, 0.15) is 28.4 Å². The average Bonchev–Trinajstić information content (AvgIpc) is 3.36. The Kier molecular flexibility index (Phi) is 6.10. The van der Waals surface area contributed by atoms with E-state index >= 15 is 0 Å². The first kappa shape index (κ1) is 24.7. The third kappa shape index (κ3) is 4.31. The highest BCUT2D eigenvalue weighted by Crippen LogP contribution is 2.50. The lowest BCUT2D eigenvalue weighted by Gasteiger charge is -2.29. The minimum absolute atomic E-state index is 0.0624. The fourth-order valence-electron chi connectivity index (χ4n) is 5.58. The van der Waals surface area contributed by atoms with Gasteiger partial charge in [-0.3, -0.25) is 9.59 Å². The molecule has 0 bridgehead atoms. The van der Waals surface area contributed by atoms with Gasteiger partial charge >= 0.3 is 11.6 Å². The Morgan fingerprint density at radius 2 is 1.95 bits per heavy atom. The highest BCUT2D eigenvalue weighted by Gasteiger charge is 2.38. The number of phenolic OH excluding ortho intramolecular Hbond substituents is 1. The Morgan fingerprint density at radius 3 is 2.77 bits per heavy atom. The molecule has 1 atom stereocenters. The summed E-state index contributed by atoms with van der Waals surface area (Å²) in [5.74, 6) is -0.660. The largest absolute Gasteiger partial charge is 0.506 e. The number of rotatable bonds is 6. The van der Waals surface area contributed by atoms with E-state index in [1.165, 1.54) is 18.6 Å². The number of ketones is 1. The lowest BCUT2D eigenvalue weighted by molar-refractivity contribution is -0.135. The molecule has 0 aliphatic carbocycles. The van der Waals surface area contributed by atoms with Gasteiger partial charge in [-0.1, -0.05) is 30.3 Å². The number of esters is 1. The normalized spacial score (nSPS) is 15.8. The van der Waals surface area contributed by atoms with E-state index in [2.05, 4.69) is 6.07 Å². The van der Waals surface area contributed by atoms with Crippen LogP contribution < -0.4 is 19.8 Å². The molecule has 3 heterocycles. The van der Waals surface area contributed by atoms with Gasteiger partial charge in [0, 0.05) is 36.0 Å². The predicted molar refractivity (Wildman–Crippen MR) is 142 cm³/mol. The van der Waals surface area contributed by atoms with Gasteiger partial charge in [0.15, 0.2) is 11.5 Å². The van der Waals surface area contributed by atoms with Crippen molar-refractivity contribution in [2.24, 2.45) is 0 Å². The summed E-state index contributed by atoms with van der Waals surface area (Å²) in [7, 11) is 0. The molecule has 0 radical (unpaired) electrons. The number of fused-ring (bicyclic) bond motifs is 4. The summed E-state index contributed by atoms with van der Waals surface area (Å²) in [5, 5.41) is 11.3. The Bertz CT molecular complexity index is 1710. The molecule has 0 saturated heterocycles. The fraction of sp³-hybridized carbons (Fsp3) is 0.258. The standard InChI is InChI=1S/C31H26O8/c1-16-13-24(33)38-30-26(16)29(35)27(17(2)32)31-28(30)21(15-25(34)39-31)20-5-3-4-6-23(20)37-11-9-18-7-8-22-19(14-18)10-12-36-22/h3-8,13-14,21,35H,9-12,15H2,1-2H3/t21-/m0/s1. The van der Waals surface area contributed by atoms with Crippen molar-refractivity contribution in [2.75, 3.05) is 13.2 Å². The number of aryl methyl sites for hydroxylation is 1. The quantitative estimate of drug-likeness (QED) is 0.162. The highest BCUT2D eigenvalue weighted by molar-refractivity contribution is 6.09. The fourth-order valence-corrected chi connectivity index (χ4v) is 5.58. The van der Waals surface area contributed by atoms with Gasteiger partial charge < -0.3 is 23.7 Å². The van der Waals surface area contributed by atoms with Crippen LogP contribution in [0, 0.1) is 6.92 Å². The van der Waals surface area contributed by atoms with Crippen LogP contribution in [0.5, 0.6) is 23.0 Å². The van der Waals surface area contributed by atoms with Crippen molar-refractivity contribution < 1.29 is 33.3 Å². The molecule has 6 rings (SSSR count). The van der Waals surface area contributed by atoms with Crippen molar-refractivity contribution in [3.8, 4) is 23.0 Å². The summed E-state index contributed by atoms with van der Waals surface area (Å²) < 4.78 is 22.9. The lowest BCUT2D eigenvalue weighted by atomic mass is 9.82. The van der Waals surface area contributed by atoms with Crippen LogP contribution in [0.15, 0.2) is 57.7 Å². The number of hydrogen-bond acceptors (Lipinski definition) is 8. The van der Waals surface area contributed by atoms with Crippen molar-refractivity contribution in [3.05, 3.63) is 92.3 Å². The number of ether oxygens (including phenoxy) is 3. The summed E-state index contributed by atoms with van der Waals surface area (Å²) in [4.78, 5) is 37.8. The van der Waals surface area contributed by atoms with Gasteiger partial charge in [-0.05, 0) is 42.7 Å². The van der Waals surface area contributed by atoms with Gasteiger partial charge in [-0.2, -0.15) is 0 Å². The predicted octanol–water partition coefficient (Wildman–Crippen LogP) is 5.01. The molecular formula is C31H26O8. The van der Waals surface area contributed by atoms with Gasteiger partial charge in [-0.15, -0.1) is 0 Å². The number of para-hydroxylation sites is 1. The monoisotopic (exact) mass is 526 g/mol. The van der Waals surface area contributed by atoms with Crippen LogP contribution >= 0.6 is 0 Å². The van der Waals surface area contributed by atoms with Gasteiger partial charge in [-0.25, -0.2) is 4.79 Å². The molecule has 39 heavy (non-hydrogen) atoms. The van der Waals surface area contributed by atoms with Crippen LogP contribution in [-0.2, 0) is 17.6 Å². The van der Waals surface area contributed by atoms with Crippen molar-refractivity contribution in [1.82, 2.24) is 0 Å². The number of aromatic hydroxyl groups is 1. The molecular weight excluding hydrogens is 500 g/mol. The number of Topliss-reactive ketones (excluding diaryl/α,β-unsaturated/α-hetero) is 1. The third-order valence-electron chi connectivity index (χ3n) is 7.33. The van der Waals surface area contributed by atoms with E-state index in [9.17, 15) is 19.5 Å². The Morgan fingerprint density at radius 1 is 1.13 bits per heavy atom. The Hall–Kier alpha value is -4.59. The average molecular weight is 527 g/mol. The lowest BCUT2D eigenvalue weighted by Crippen LogP contribution is -2.24. The molecule has 1 N–H and O–H groups in total. The van der Waals surface area contributed by atoms with E-state index in [-0.39, 0.29) is 34.5 Å². The van der Waals surface area contributed by atoms with Crippen molar-refractivity contribution in [1.29, 1.82) is 0 Å². The molecule has 198 valence electrons. The molecule has 8 nitrogen and oxygen atoms in total. The second-order valence-corrected chi connectivity index (χ2v) is 9.88. The first-order chi connectivity index (χ1) is 18.8. The minimum Gasteiger partial charge on any atom is -0.506 e. The van der Waals surface area contributed by atoms with Gasteiger partial charge in [0.25, 0.3) is 0 Å². The minimum atomic E-state index is -0.638. The highest BCUT2D eigenvalue weighted by atomic mass is 16.5. The van der Waals surface area contributed by atoms with Crippen LogP contribution in [0.2, 0.25) is 0 Å². The first-order valence-electron chi connectivity index (χ1n) is 12.8. The van der Waals surface area contributed by atoms with E-state index in [4.69, 9.17) is 18.6 Å². The first-order valence-corrected chi connectivity index (χ1v) is 12.8. The summed E-state index contributed by atoms with van der Waals surface area (Å²) in [6.45, 7) is 4.03. The topological polar surface area (TPSA) is 112 Å². The number of carbonyl (C=O) groups excluding carboxylic acids is 2. The smallest absolute Gasteiger partial charge is 0.336 e. The van der Waals surface area contributed by atoms with Crippen LogP contribution in [-0.4, -0.2) is 30.1 Å². The Balaban J connectivity index is 1.42. The van der Waals surface area contributed by atoms with E-state index in [1.807, 2.05) is 36.4 Å². The summed E-state index contributed by atoms with van der Waals surface area (Å²) >= 11 is 0. The molecule has 0 saturated carbocycles. The van der Waals surface area contributed by atoms with Crippen molar-refractivity contribution >= 4 is 22.7 Å². The maximum atomic E-state index is 12.8. The number of carbonyl (C=O) groups is 2. The number of hydrogen-bond donors (Lipinski definition) is 1. The second kappa shape index (κ2) is 9.62. The van der Waals surface area contributed by atoms with Crippen molar-refractivity contribution in [3.63, 3.8) is 0 Å². The van der Waals surface area contributed by atoms with E-state index in [1.54, 1.807) is 6.92 Å². The molecule has 0 amide bonds.